The number of imidazole rings is 2. The van der Waals surface area contributed by atoms with E-state index in [2.05, 4.69) is 52.8 Å². The minimum absolute atomic E-state index is 0.175. The Balaban J connectivity index is 1.11. The summed E-state index contributed by atoms with van der Waals surface area (Å²) in [5.74, 6) is -10.6. The molecule has 0 bridgehead atoms. The van der Waals surface area contributed by atoms with Crippen molar-refractivity contribution in [2.75, 3.05) is 7.11 Å². The average molecular weight is 1610 g/mol. The molecule has 9 amide bonds. The van der Waals surface area contributed by atoms with Gasteiger partial charge in [-0.25, -0.2) is 19.6 Å². The highest BCUT2D eigenvalue weighted by molar-refractivity contribution is 6.00. The third kappa shape index (κ3) is 23.6. The first kappa shape index (κ1) is 88.9. The zero-order valence-electron chi connectivity index (χ0n) is 68.8. The summed E-state index contributed by atoms with van der Waals surface area (Å²) in [6, 6.07) is 53.1. The molecule has 0 unspecified atom stereocenters. The van der Waals surface area contributed by atoms with E-state index in [1.807, 2.05) is 187 Å². The van der Waals surface area contributed by atoms with Crippen LogP contribution in [-0.4, -0.2) is 151 Å². The van der Waals surface area contributed by atoms with Crippen LogP contribution in [-0.2, 0) is 99.5 Å². The predicted molar refractivity (Wildman–Crippen MR) is 444 cm³/mol. The van der Waals surface area contributed by atoms with Crippen molar-refractivity contribution in [1.82, 2.24) is 67.0 Å². The number of hydrogen-bond acceptors (Lipinski definition) is 16. The molecule has 0 radical (unpaired) electrons. The number of ether oxygens (including phenoxy) is 3. The second kappa shape index (κ2) is 40.5. The van der Waals surface area contributed by atoms with Crippen molar-refractivity contribution in [2.24, 2.45) is 18.9 Å². The molecule has 620 valence electrons. The van der Waals surface area contributed by atoms with Gasteiger partial charge in [0.15, 0.2) is 0 Å². The largest absolute Gasteiger partial charge is 0.467 e. The number of nitrogens with one attached hydrogen (secondary N) is 9. The lowest BCUT2D eigenvalue weighted by molar-refractivity contribution is -0.157. The van der Waals surface area contributed by atoms with Gasteiger partial charge < -0.3 is 71.2 Å². The van der Waals surface area contributed by atoms with Crippen molar-refractivity contribution in [3.05, 3.63) is 288 Å². The number of aryl methyl sites for hydroxylation is 1. The Hall–Kier alpha value is -13.1. The molecular formula is C91H107N13O14. The maximum absolute atomic E-state index is 16.0. The number of carbonyl (C=O) groups is 11. The van der Waals surface area contributed by atoms with Crippen molar-refractivity contribution >= 4 is 65.3 Å². The number of hydrogen-bond donors (Lipinski definition) is 9. The van der Waals surface area contributed by atoms with E-state index in [0.717, 1.165) is 23.8 Å². The standard InChI is InChI=1S/C91H107N13O14/c1-58(2)77(101-83(111)73(96-81(109)72(51-69-54-92-56-103(69)12)99-87(115)118-89(9,10)11)52-75(105)102-90(62-37-23-15-24-38-62,63-39-25-16-26-40-63)64-41-27-17-28-42-64)84(112)97-71(50-68-55-104(57-93-68)91(65-43-29-18-30-44-65,66-45-31-19-32-46-66)67-47-33-20-34-48-67)80(108)95-70(49-61-35-21-14-22-36-61)82(110)100-78(59(3)4)85(113)98-74(53-76(106)117-88(6,7)8)79(107)94-60(5)86(114)116-13/h14-48,54-60,70-74,77-78H,49-53H2,1-13H3,(H,94,107)(H,95,108)(H,96,109)(H,97,112)(H,98,113)(H,99,115)(H,100,110)(H,101,111)(H,102,105)/t60-,70+,71-,72-,73-,74-,77+,78+/m0/s1. The Morgan fingerprint density at radius 1 is 0.407 bits per heavy atom. The molecule has 0 aliphatic carbocycles. The number of methoxy groups -OCH3 is 1. The number of esters is 2. The van der Waals surface area contributed by atoms with Crippen LogP contribution in [0.3, 0.4) is 0 Å². The smallest absolute Gasteiger partial charge is 0.408 e. The summed E-state index contributed by atoms with van der Waals surface area (Å²) in [5.41, 5.74) is 1.19. The van der Waals surface area contributed by atoms with E-state index in [4.69, 9.17) is 19.2 Å². The summed E-state index contributed by atoms with van der Waals surface area (Å²) >= 11 is 0. The molecule has 0 aliphatic rings. The molecule has 0 fully saturated rings. The number of nitrogens with zero attached hydrogens (tertiary/aromatic N) is 4. The molecule has 0 saturated carbocycles. The van der Waals surface area contributed by atoms with E-state index in [-0.39, 0.29) is 25.0 Å². The Morgan fingerprint density at radius 2 is 0.780 bits per heavy atom. The Labute approximate surface area is 688 Å². The lowest BCUT2D eigenvalue weighted by atomic mass is 9.77. The summed E-state index contributed by atoms with van der Waals surface area (Å²) in [7, 11) is 2.82. The maximum Gasteiger partial charge on any atom is 0.408 e. The van der Waals surface area contributed by atoms with Gasteiger partial charge in [0.2, 0.25) is 47.3 Å². The van der Waals surface area contributed by atoms with E-state index >= 15 is 28.8 Å². The second-order valence-electron chi connectivity index (χ2n) is 31.7. The summed E-state index contributed by atoms with van der Waals surface area (Å²) < 4.78 is 19.5. The molecule has 0 aliphatic heterocycles. The van der Waals surface area contributed by atoms with Gasteiger partial charge >= 0.3 is 18.0 Å². The molecule has 2 aromatic heterocycles. The molecule has 7 aromatic carbocycles. The quantitative estimate of drug-likeness (QED) is 0.0101. The van der Waals surface area contributed by atoms with Crippen LogP contribution >= 0.6 is 0 Å². The topological polar surface area (TPSA) is 359 Å². The Morgan fingerprint density at radius 3 is 1.20 bits per heavy atom. The molecule has 0 saturated heterocycles. The van der Waals surface area contributed by atoms with Gasteiger partial charge in [-0.1, -0.05) is 240 Å². The zero-order valence-corrected chi connectivity index (χ0v) is 68.8. The summed E-state index contributed by atoms with van der Waals surface area (Å²) in [6.07, 6.45) is 3.21. The zero-order chi connectivity index (χ0) is 85.5. The van der Waals surface area contributed by atoms with Gasteiger partial charge in [-0.2, -0.15) is 0 Å². The van der Waals surface area contributed by atoms with Gasteiger partial charge in [0.05, 0.1) is 38.3 Å². The molecule has 118 heavy (non-hydrogen) atoms. The number of amides is 9. The van der Waals surface area contributed by atoms with Gasteiger partial charge in [0, 0.05) is 44.4 Å². The van der Waals surface area contributed by atoms with Gasteiger partial charge in [0.25, 0.3) is 0 Å². The molecule has 9 N–H and O–H groups in total. The summed E-state index contributed by atoms with van der Waals surface area (Å²) in [4.78, 5) is 171. The fraction of sp³-hybridized carbons (Fsp3) is 0.352. The first-order valence-electron chi connectivity index (χ1n) is 39.3. The normalized spacial score (nSPS) is 13.7. The van der Waals surface area contributed by atoms with Crippen molar-refractivity contribution in [3.63, 3.8) is 0 Å². The molecule has 8 atom stereocenters. The average Bonchev–Trinajstić information content (AvgIpc) is 0.971. The lowest BCUT2D eigenvalue weighted by Crippen LogP contribution is -2.62. The van der Waals surface area contributed by atoms with Crippen LogP contribution in [0.4, 0.5) is 4.79 Å². The van der Waals surface area contributed by atoms with Crippen LogP contribution in [0.25, 0.3) is 0 Å². The number of alkyl carbamates (subject to hydrolysis) is 1. The highest BCUT2D eigenvalue weighted by atomic mass is 16.6. The van der Waals surface area contributed by atoms with Crippen molar-refractivity contribution in [1.29, 1.82) is 0 Å². The number of rotatable bonds is 36. The third-order valence-corrected chi connectivity index (χ3v) is 19.7. The van der Waals surface area contributed by atoms with E-state index in [1.165, 1.54) is 19.4 Å². The highest BCUT2D eigenvalue weighted by Crippen LogP contribution is 2.42. The van der Waals surface area contributed by atoms with Gasteiger partial charge in [0.1, 0.15) is 70.6 Å². The van der Waals surface area contributed by atoms with Crippen LogP contribution < -0.4 is 47.9 Å². The van der Waals surface area contributed by atoms with E-state index in [1.54, 1.807) is 124 Å². The van der Waals surface area contributed by atoms with Gasteiger partial charge in [-0.05, 0) is 99.2 Å². The first-order chi connectivity index (χ1) is 56.2. The van der Waals surface area contributed by atoms with Crippen LogP contribution in [0.1, 0.15) is 139 Å². The third-order valence-electron chi connectivity index (χ3n) is 19.7. The fourth-order valence-corrected chi connectivity index (χ4v) is 14.0. The maximum atomic E-state index is 16.0. The molecule has 9 aromatic rings. The lowest BCUT2D eigenvalue weighted by Gasteiger charge is -2.37. The van der Waals surface area contributed by atoms with Gasteiger partial charge in [-0.3, -0.25) is 43.2 Å². The van der Waals surface area contributed by atoms with Crippen molar-refractivity contribution in [3.8, 4) is 0 Å². The number of benzene rings is 7. The van der Waals surface area contributed by atoms with Crippen LogP contribution in [0.2, 0.25) is 0 Å². The Kier molecular flexibility index (Phi) is 30.5. The molecule has 9 rings (SSSR count). The fourth-order valence-electron chi connectivity index (χ4n) is 14.0. The van der Waals surface area contributed by atoms with E-state index < -0.39 is 161 Å². The van der Waals surface area contributed by atoms with Gasteiger partial charge in [-0.15, -0.1) is 0 Å². The first-order valence-corrected chi connectivity index (χ1v) is 39.3. The minimum Gasteiger partial charge on any atom is -0.467 e. The summed E-state index contributed by atoms with van der Waals surface area (Å²) in [5, 5.41) is 25.1. The molecule has 27 nitrogen and oxygen atoms in total. The number of carbonyl (C=O) groups excluding carboxylic acids is 11. The molecule has 2 heterocycles. The molecule has 27 heteroatoms. The predicted octanol–water partition coefficient (Wildman–Crippen LogP) is 8.51. The SMILES string of the molecule is COC(=O)[C@H](C)NC(=O)[C@H](CC(=O)OC(C)(C)C)NC(=O)[C@H](NC(=O)[C@@H](Cc1ccccc1)NC(=O)[C@H](Cc1cn(C(c2ccccc2)(c2ccccc2)c2ccccc2)cn1)NC(=O)[C@H](NC(=O)[C@H](CC(=O)NC(c1ccccc1)(c1ccccc1)c1ccccc1)NC(=O)[C@H](Cc1cncn1C)NC(=O)OC(C)(C)C)C(C)C)C(C)C. The minimum atomic E-state index is -1.82. The second-order valence-corrected chi connectivity index (χ2v) is 31.7. The van der Waals surface area contributed by atoms with E-state index in [9.17, 15) is 24.0 Å². The monoisotopic (exact) mass is 1610 g/mol. The number of aromatic nitrogens is 4. The van der Waals surface area contributed by atoms with E-state index in [0.29, 0.717) is 27.9 Å². The van der Waals surface area contributed by atoms with Crippen molar-refractivity contribution in [2.45, 2.75) is 179 Å². The highest BCUT2D eigenvalue weighted by Gasteiger charge is 2.44. The molecule has 0 spiro atoms. The van der Waals surface area contributed by atoms with Crippen LogP contribution in [0, 0.1) is 11.8 Å². The van der Waals surface area contributed by atoms with Crippen LogP contribution in [0.5, 0.6) is 0 Å². The summed E-state index contributed by atoms with van der Waals surface area (Å²) in [6.45, 7) is 17.7. The molecular weight excluding hydrogens is 1500 g/mol. The van der Waals surface area contributed by atoms with Crippen molar-refractivity contribution < 1.29 is 67.0 Å². The van der Waals surface area contributed by atoms with Crippen LogP contribution in [0.15, 0.2) is 237 Å². The Bertz CT molecular complexity index is 4690.